The molecule has 0 aliphatic carbocycles. The van der Waals surface area contributed by atoms with E-state index in [0.29, 0.717) is 5.92 Å². The van der Waals surface area contributed by atoms with Crippen LogP contribution >= 0.6 is 0 Å². The molecular weight excluding hydrogens is 492 g/mol. The van der Waals surface area contributed by atoms with E-state index >= 15 is 0 Å². The Labute approximate surface area is 223 Å². The van der Waals surface area contributed by atoms with Crippen LogP contribution in [0.15, 0.2) is 36.5 Å². The first-order valence-corrected chi connectivity index (χ1v) is 12.9. The van der Waals surface area contributed by atoms with Crippen molar-refractivity contribution in [3.05, 3.63) is 36.5 Å². The monoisotopic (exact) mass is 534 g/mol. The zero-order valence-electron chi connectivity index (χ0n) is 22.2. The number of nitrogens with one attached hydrogen (secondary N) is 4. The molecule has 0 saturated heterocycles. The molecule has 0 bridgehead atoms. The van der Waals surface area contributed by atoms with Gasteiger partial charge in [0.15, 0.2) is 0 Å². The number of Topliss-reactive ketones (excluding diaryl/α,β-unsaturated/α-hetero) is 1. The van der Waals surface area contributed by atoms with Gasteiger partial charge in [-0.2, -0.15) is 0 Å². The second kappa shape index (κ2) is 18.0. The van der Waals surface area contributed by atoms with Gasteiger partial charge >= 0.3 is 0 Å². The van der Waals surface area contributed by atoms with E-state index in [9.17, 15) is 29.1 Å². The van der Waals surface area contributed by atoms with E-state index in [-0.39, 0.29) is 13.0 Å². The van der Waals surface area contributed by atoms with Crippen LogP contribution in [0.25, 0.3) is 0 Å². The summed E-state index contributed by atoms with van der Waals surface area (Å²) >= 11 is 0. The average molecular weight is 535 g/mol. The molecule has 0 aromatic rings. The normalized spacial score (nSPS) is 21.8. The first-order chi connectivity index (χ1) is 18.0. The maximum Gasteiger partial charge on any atom is 0.247 e. The lowest BCUT2D eigenvalue weighted by Crippen LogP contribution is -2.60. The molecule has 1 heterocycles. The van der Waals surface area contributed by atoms with E-state index in [1.807, 2.05) is 6.08 Å². The van der Waals surface area contributed by atoms with Gasteiger partial charge in [-0.15, -0.1) is 0 Å². The predicted molar refractivity (Wildman–Crippen MR) is 143 cm³/mol. The van der Waals surface area contributed by atoms with Gasteiger partial charge in [-0.05, 0) is 24.8 Å². The Morgan fingerprint density at radius 2 is 1.92 bits per heavy atom. The number of hydrogen-bond acceptors (Lipinski definition) is 8. The van der Waals surface area contributed by atoms with Crippen LogP contribution in [0.5, 0.6) is 0 Å². The second-order valence-electron chi connectivity index (χ2n) is 9.53. The molecule has 0 spiro atoms. The van der Waals surface area contributed by atoms with Crippen LogP contribution in [0.2, 0.25) is 0 Å². The Hall–Kier alpha value is -3.35. The van der Waals surface area contributed by atoms with Gasteiger partial charge in [-0.1, -0.05) is 51.3 Å². The van der Waals surface area contributed by atoms with Crippen LogP contribution in [0, 0.1) is 5.92 Å². The van der Waals surface area contributed by atoms with Crippen LogP contribution in [0.3, 0.4) is 0 Å². The highest BCUT2D eigenvalue weighted by Crippen LogP contribution is 2.09. The topological polar surface area (TPSA) is 206 Å². The Kier molecular flexibility index (Phi) is 15.5. The number of rotatable bonds is 12. The first-order valence-electron chi connectivity index (χ1n) is 12.9. The minimum Gasteiger partial charge on any atom is -0.376 e. The van der Waals surface area contributed by atoms with Crippen LogP contribution in [-0.4, -0.2) is 65.5 Å². The maximum absolute atomic E-state index is 12.8. The summed E-state index contributed by atoms with van der Waals surface area (Å²) in [6, 6.07) is -2.93. The van der Waals surface area contributed by atoms with Gasteiger partial charge < -0.3 is 37.8 Å². The summed E-state index contributed by atoms with van der Waals surface area (Å²) in [4.78, 5) is 61.6. The van der Waals surface area contributed by atoms with Gasteiger partial charge in [-0.25, -0.2) is 0 Å². The highest BCUT2D eigenvalue weighted by Gasteiger charge is 2.31. The predicted octanol–water partition coefficient (Wildman–Crippen LogP) is -0.612. The van der Waals surface area contributed by atoms with Crippen molar-refractivity contribution in [2.24, 2.45) is 17.4 Å². The van der Waals surface area contributed by atoms with Crippen LogP contribution in [0.4, 0.5) is 0 Å². The number of carbonyl (C=O) groups excluding carboxylic acids is 5. The minimum absolute atomic E-state index is 0.0403. The average Bonchev–Trinajstić information content (AvgIpc) is 2.83. The van der Waals surface area contributed by atoms with Crippen molar-refractivity contribution in [3.8, 4) is 0 Å². The lowest BCUT2D eigenvalue weighted by Gasteiger charge is -2.24. The first kappa shape index (κ1) is 32.7. The van der Waals surface area contributed by atoms with Gasteiger partial charge in [0.1, 0.15) is 24.1 Å². The molecule has 2 unspecified atom stereocenters. The van der Waals surface area contributed by atoms with Gasteiger partial charge in [-0.3, -0.25) is 24.0 Å². The lowest BCUT2D eigenvalue weighted by molar-refractivity contribution is -0.135. The minimum atomic E-state index is -1.78. The van der Waals surface area contributed by atoms with Crippen molar-refractivity contribution in [1.29, 1.82) is 0 Å². The molecule has 212 valence electrons. The SMILES string of the molecule is CC(C)CCCCC/C=C/C=C/C(=O)NC(C(=O)NC1CC(=O)CCNC(=O)/C=C/[C@H](N)NC1=O)[C@@H](N)O. The van der Waals surface area contributed by atoms with E-state index in [4.69, 9.17) is 11.5 Å². The summed E-state index contributed by atoms with van der Waals surface area (Å²) in [6.45, 7) is 4.44. The molecule has 0 aromatic heterocycles. The zero-order chi connectivity index (χ0) is 28.5. The molecule has 4 amide bonds. The fourth-order valence-corrected chi connectivity index (χ4v) is 3.51. The fraction of sp³-hybridized carbons (Fsp3) is 0.577. The smallest absolute Gasteiger partial charge is 0.247 e. The van der Waals surface area contributed by atoms with Gasteiger partial charge in [0.2, 0.25) is 23.6 Å². The van der Waals surface area contributed by atoms with E-state index in [2.05, 4.69) is 35.1 Å². The van der Waals surface area contributed by atoms with Crippen molar-refractivity contribution >= 4 is 29.4 Å². The van der Waals surface area contributed by atoms with E-state index in [1.165, 1.54) is 31.1 Å². The van der Waals surface area contributed by atoms with E-state index in [0.717, 1.165) is 25.3 Å². The van der Waals surface area contributed by atoms with Crippen molar-refractivity contribution in [1.82, 2.24) is 21.3 Å². The number of nitrogens with two attached hydrogens (primary N) is 2. The Morgan fingerprint density at radius 1 is 1.18 bits per heavy atom. The van der Waals surface area contributed by atoms with Crippen molar-refractivity contribution in [3.63, 3.8) is 0 Å². The lowest BCUT2D eigenvalue weighted by atomic mass is 10.0. The number of allylic oxidation sites excluding steroid dienone is 3. The number of aliphatic hydroxyl groups is 1. The van der Waals surface area contributed by atoms with E-state index < -0.39 is 60.3 Å². The molecule has 1 aliphatic heterocycles. The molecule has 0 saturated carbocycles. The summed E-state index contributed by atoms with van der Waals surface area (Å²) in [5.74, 6) is -2.60. The summed E-state index contributed by atoms with van der Waals surface area (Å²) in [5.41, 5.74) is 11.2. The molecular formula is C26H42N6O6. The number of aliphatic hydroxyl groups excluding tert-OH is 1. The standard InChI is InChI=1S/C26H42N6O6/c1-17(2)10-8-6-4-3-5-7-9-11-22(35)32-23(24(28)36)26(38)30-19-16-18(33)14-15-29-21(34)13-12-20(27)31-25(19)37/h5,7,9,11-13,17,19-20,23-24,36H,3-4,6,8,10,14-16,27-28H2,1-2H3,(H,29,34)(H,30,38)(H,31,37)(H,32,35)/b7-5+,11-9+,13-12+/t19?,20-,23?,24+/m1/s1. The maximum atomic E-state index is 12.8. The fourth-order valence-electron chi connectivity index (χ4n) is 3.51. The second-order valence-corrected chi connectivity index (χ2v) is 9.53. The third kappa shape index (κ3) is 14.4. The third-order valence-corrected chi connectivity index (χ3v) is 5.60. The van der Waals surface area contributed by atoms with Crippen molar-refractivity contribution in [2.45, 2.75) is 83.3 Å². The summed E-state index contributed by atoms with van der Waals surface area (Å²) in [5, 5.41) is 19.4. The van der Waals surface area contributed by atoms with Gasteiger partial charge in [0.05, 0.1) is 6.17 Å². The Balaban J connectivity index is 2.71. The van der Waals surface area contributed by atoms with Gasteiger partial charge in [0, 0.05) is 31.5 Å². The zero-order valence-corrected chi connectivity index (χ0v) is 22.2. The van der Waals surface area contributed by atoms with Crippen molar-refractivity contribution in [2.75, 3.05) is 6.54 Å². The highest BCUT2D eigenvalue weighted by atomic mass is 16.3. The van der Waals surface area contributed by atoms with Crippen molar-refractivity contribution < 1.29 is 29.1 Å². The van der Waals surface area contributed by atoms with Crippen LogP contribution < -0.4 is 32.7 Å². The molecule has 12 nitrogen and oxygen atoms in total. The van der Waals surface area contributed by atoms with Crippen LogP contribution in [0.1, 0.15) is 58.8 Å². The molecule has 0 radical (unpaired) electrons. The largest absolute Gasteiger partial charge is 0.376 e. The molecule has 9 N–H and O–H groups in total. The molecule has 0 fully saturated rings. The highest BCUT2D eigenvalue weighted by molar-refractivity contribution is 5.97. The Bertz CT molecular complexity index is 899. The third-order valence-electron chi connectivity index (χ3n) is 5.60. The summed E-state index contributed by atoms with van der Waals surface area (Å²) in [7, 11) is 0. The molecule has 0 aromatic carbocycles. The number of amides is 4. The molecule has 1 rings (SSSR count). The Morgan fingerprint density at radius 3 is 2.61 bits per heavy atom. The number of hydrogen-bond donors (Lipinski definition) is 7. The quantitative estimate of drug-likeness (QED) is 0.0742. The molecule has 4 atom stereocenters. The van der Waals surface area contributed by atoms with Gasteiger partial charge in [0.25, 0.3) is 0 Å². The van der Waals surface area contributed by atoms with Crippen LogP contribution in [-0.2, 0) is 24.0 Å². The molecule has 38 heavy (non-hydrogen) atoms. The number of carbonyl (C=O) groups is 5. The summed E-state index contributed by atoms with van der Waals surface area (Å²) < 4.78 is 0. The number of ketones is 1. The molecule has 12 heteroatoms. The summed E-state index contributed by atoms with van der Waals surface area (Å²) in [6.07, 6.45) is 10.9. The number of unbranched alkanes of at least 4 members (excludes halogenated alkanes) is 3. The molecule has 1 aliphatic rings. The van der Waals surface area contributed by atoms with E-state index in [1.54, 1.807) is 6.08 Å².